The highest BCUT2D eigenvalue weighted by atomic mass is 79.9. The average molecular weight is 245 g/mol. The van der Waals surface area contributed by atoms with Gasteiger partial charge in [0.1, 0.15) is 5.82 Å². The summed E-state index contributed by atoms with van der Waals surface area (Å²) in [5.74, 6) is -0.0868. The van der Waals surface area contributed by atoms with Gasteiger partial charge in [-0.05, 0) is 25.1 Å². The maximum Gasteiger partial charge on any atom is 0.144 e. The fraction of sp³-hybridized carbons (Fsp3) is 0.111. The summed E-state index contributed by atoms with van der Waals surface area (Å²) >= 11 is 4.81. The van der Waals surface area contributed by atoms with E-state index in [9.17, 15) is 4.39 Å². The van der Waals surface area contributed by atoms with E-state index >= 15 is 0 Å². The number of hydrogen-bond acceptors (Lipinski definition) is 1. The van der Waals surface area contributed by atoms with Gasteiger partial charge in [-0.3, -0.25) is 0 Å². The van der Waals surface area contributed by atoms with Crippen LogP contribution in [0.15, 0.2) is 22.7 Å². The molecule has 0 nitrogen and oxygen atoms in total. The lowest BCUT2D eigenvalue weighted by molar-refractivity contribution is 0.636. The van der Waals surface area contributed by atoms with Gasteiger partial charge in [0.05, 0.1) is 0 Å². The number of halogens is 2. The molecule has 0 radical (unpaired) electrons. The standard InChI is InChI=1S/C9H6BrFS/c1-5-9(11)7-4-6(10)2-3-8(7)12-5/h2-4H,1H3. The Morgan fingerprint density at radius 2 is 2.17 bits per heavy atom. The van der Waals surface area contributed by atoms with Crippen molar-refractivity contribution in [1.82, 2.24) is 0 Å². The molecule has 1 heterocycles. The van der Waals surface area contributed by atoms with Crippen molar-refractivity contribution in [3.63, 3.8) is 0 Å². The van der Waals surface area contributed by atoms with Gasteiger partial charge in [0.25, 0.3) is 0 Å². The third kappa shape index (κ3) is 1.17. The fourth-order valence-corrected chi connectivity index (χ4v) is 2.45. The van der Waals surface area contributed by atoms with Crippen LogP contribution in [0.1, 0.15) is 4.88 Å². The van der Waals surface area contributed by atoms with Crippen LogP contribution in [0.5, 0.6) is 0 Å². The van der Waals surface area contributed by atoms with Crippen molar-refractivity contribution in [2.45, 2.75) is 6.92 Å². The van der Waals surface area contributed by atoms with Crippen molar-refractivity contribution in [1.29, 1.82) is 0 Å². The zero-order valence-electron chi connectivity index (χ0n) is 6.40. The van der Waals surface area contributed by atoms with Gasteiger partial charge in [0.15, 0.2) is 0 Å². The number of benzene rings is 1. The molecule has 0 aliphatic carbocycles. The summed E-state index contributed by atoms with van der Waals surface area (Å²) in [6.07, 6.45) is 0. The monoisotopic (exact) mass is 244 g/mol. The highest BCUT2D eigenvalue weighted by Gasteiger charge is 2.07. The number of aryl methyl sites for hydroxylation is 1. The Bertz CT molecular complexity index is 433. The summed E-state index contributed by atoms with van der Waals surface area (Å²) in [5, 5.41) is 0.715. The number of rotatable bonds is 0. The molecule has 0 aliphatic heterocycles. The largest absolute Gasteiger partial charge is 0.205 e. The molecule has 0 unspecified atom stereocenters. The minimum absolute atomic E-state index is 0.0868. The molecule has 2 rings (SSSR count). The third-order valence-corrected chi connectivity index (χ3v) is 3.30. The Hall–Kier alpha value is -0.410. The lowest BCUT2D eigenvalue weighted by Gasteiger charge is -1.90. The van der Waals surface area contributed by atoms with Crippen molar-refractivity contribution in [2.24, 2.45) is 0 Å². The van der Waals surface area contributed by atoms with Crippen molar-refractivity contribution in [2.75, 3.05) is 0 Å². The second kappa shape index (κ2) is 2.82. The predicted molar refractivity (Wildman–Crippen MR) is 54.2 cm³/mol. The molecular weight excluding hydrogens is 239 g/mol. The smallest absolute Gasteiger partial charge is 0.144 e. The number of thiophene rings is 1. The molecule has 0 bridgehead atoms. The van der Waals surface area contributed by atoms with Crippen LogP contribution in [-0.4, -0.2) is 0 Å². The first-order valence-corrected chi connectivity index (χ1v) is 5.13. The Morgan fingerprint density at radius 1 is 1.42 bits per heavy atom. The molecule has 0 amide bonds. The molecule has 0 fully saturated rings. The normalized spacial score (nSPS) is 10.9. The van der Waals surface area contributed by atoms with Crippen molar-refractivity contribution in [3.05, 3.63) is 33.4 Å². The summed E-state index contributed by atoms with van der Waals surface area (Å²) in [5.41, 5.74) is 0. The third-order valence-electron chi connectivity index (χ3n) is 1.75. The summed E-state index contributed by atoms with van der Waals surface area (Å²) in [6.45, 7) is 1.80. The van der Waals surface area contributed by atoms with Crippen LogP contribution < -0.4 is 0 Å². The molecule has 62 valence electrons. The SMILES string of the molecule is Cc1sc2ccc(Br)cc2c1F. The maximum atomic E-state index is 13.3. The van der Waals surface area contributed by atoms with Crippen LogP contribution in [0, 0.1) is 12.7 Å². The first-order valence-electron chi connectivity index (χ1n) is 3.52. The summed E-state index contributed by atoms with van der Waals surface area (Å²) < 4.78 is 15.3. The van der Waals surface area contributed by atoms with Crippen LogP contribution in [0.25, 0.3) is 10.1 Å². The van der Waals surface area contributed by atoms with E-state index in [0.29, 0.717) is 5.39 Å². The van der Waals surface area contributed by atoms with E-state index in [-0.39, 0.29) is 5.82 Å². The van der Waals surface area contributed by atoms with E-state index in [1.165, 1.54) is 11.3 Å². The molecule has 0 saturated heterocycles. The van der Waals surface area contributed by atoms with Gasteiger partial charge < -0.3 is 0 Å². The second-order valence-electron chi connectivity index (χ2n) is 2.61. The van der Waals surface area contributed by atoms with E-state index in [1.807, 2.05) is 18.2 Å². The molecule has 1 aromatic heterocycles. The van der Waals surface area contributed by atoms with Gasteiger partial charge in [-0.2, -0.15) is 0 Å². The van der Waals surface area contributed by atoms with Gasteiger partial charge in [-0.25, -0.2) is 4.39 Å². The van der Waals surface area contributed by atoms with E-state index in [2.05, 4.69) is 15.9 Å². The van der Waals surface area contributed by atoms with E-state index < -0.39 is 0 Å². The molecule has 3 heteroatoms. The molecule has 0 N–H and O–H groups in total. The highest BCUT2D eigenvalue weighted by Crippen LogP contribution is 2.31. The van der Waals surface area contributed by atoms with Gasteiger partial charge in [0, 0.05) is 19.4 Å². The van der Waals surface area contributed by atoms with Crippen LogP contribution in [-0.2, 0) is 0 Å². The van der Waals surface area contributed by atoms with Crippen molar-refractivity contribution in [3.8, 4) is 0 Å². The van der Waals surface area contributed by atoms with Crippen LogP contribution >= 0.6 is 27.3 Å². The molecule has 12 heavy (non-hydrogen) atoms. The molecular formula is C9H6BrFS. The topological polar surface area (TPSA) is 0 Å². The molecule has 0 saturated carbocycles. The van der Waals surface area contributed by atoms with Gasteiger partial charge in [-0.1, -0.05) is 15.9 Å². The van der Waals surface area contributed by atoms with Gasteiger partial charge in [0.2, 0.25) is 0 Å². The quantitative estimate of drug-likeness (QED) is 0.655. The van der Waals surface area contributed by atoms with Crippen molar-refractivity contribution < 1.29 is 4.39 Å². The summed E-state index contributed by atoms with van der Waals surface area (Å²) in [4.78, 5) is 0.753. The first-order chi connectivity index (χ1) is 5.68. The second-order valence-corrected chi connectivity index (χ2v) is 4.78. The lowest BCUT2D eigenvalue weighted by atomic mass is 10.2. The first kappa shape index (κ1) is 8.20. The minimum atomic E-state index is -0.0868. The number of fused-ring (bicyclic) bond motifs is 1. The number of hydrogen-bond donors (Lipinski definition) is 0. The average Bonchev–Trinajstić information content (AvgIpc) is 2.31. The minimum Gasteiger partial charge on any atom is -0.205 e. The Labute approximate surface area is 82.2 Å². The maximum absolute atomic E-state index is 13.3. The predicted octanol–water partition coefficient (Wildman–Crippen LogP) is 4.11. The molecule has 0 aliphatic rings. The zero-order chi connectivity index (χ0) is 8.72. The van der Waals surface area contributed by atoms with E-state index in [4.69, 9.17) is 0 Å². The molecule has 0 atom stereocenters. The lowest BCUT2D eigenvalue weighted by Crippen LogP contribution is -1.71. The Morgan fingerprint density at radius 3 is 2.92 bits per heavy atom. The van der Waals surface area contributed by atoms with E-state index in [0.717, 1.165) is 14.0 Å². The molecule has 2 aromatic rings. The molecule has 0 spiro atoms. The Balaban J connectivity index is 2.88. The summed E-state index contributed by atoms with van der Waals surface area (Å²) in [6, 6.07) is 5.67. The van der Waals surface area contributed by atoms with Crippen LogP contribution in [0.4, 0.5) is 4.39 Å². The fourth-order valence-electron chi connectivity index (χ4n) is 1.16. The zero-order valence-corrected chi connectivity index (χ0v) is 8.80. The molecule has 1 aromatic carbocycles. The van der Waals surface area contributed by atoms with Crippen LogP contribution in [0.3, 0.4) is 0 Å². The van der Waals surface area contributed by atoms with E-state index in [1.54, 1.807) is 6.92 Å². The Kier molecular flexibility index (Phi) is 1.93. The highest BCUT2D eigenvalue weighted by molar-refractivity contribution is 9.10. The van der Waals surface area contributed by atoms with Crippen LogP contribution in [0.2, 0.25) is 0 Å². The van der Waals surface area contributed by atoms with Gasteiger partial charge in [-0.15, -0.1) is 11.3 Å². The van der Waals surface area contributed by atoms with Gasteiger partial charge >= 0.3 is 0 Å². The van der Waals surface area contributed by atoms with Crippen molar-refractivity contribution >= 4 is 37.4 Å². The summed E-state index contributed by atoms with van der Waals surface area (Å²) in [7, 11) is 0.